The van der Waals surface area contributed by atoms with Crippen LogP contribution in [0.4, 0.5) is 10.5 Å². The van der Waals surface area contributed by atoms with Gasteiger partial charge in [-0.3, -0.25) is 19.5 Å². The van der Waals surface area contributed by atoms with Crippen LogP contribution in [-0.2, 0) is 14.3 Å². The Labute approximate surface area is 173 Å². The van der Waals surface area contributed by atoms with Gasteiger partial charge in [0.15, 0.2) is 0 Å². The van der Waals surface area contributed by atoms with Crippen molar-refractivity contribution in [3.63, 3.8) is 0 Å². The maximum absolute atomic E-state index is 13.1. The molecule has 1 amide bonds. The SMILES string of the molecule is COc1ccc(-n2c3cssc-3c(NC(=O)OCCOC(C)=O)c2=O)c(OC)c1. The first-order valence-corrected chi connectivity index (χ1v) is 10.6. The van der Waals surface area contributed by atoms with Crippen LogP contribution in [0.15, 0.2) is 28.4 Å². The quantitative estimate of drug-likeness (QED) is 0.343. The molecule has 0 aromatic heterocycles. The van der Waals surface area contributed by atoms with E-state index >= 15 is 0 Å². The van der Waals surface area contributed by atoms with Crippen molar-refractivity contribution in [2.75, 3.05) is 32.8 Å². The fourth-order valence-electron chi connectivity index (χ4n) is 2.63. The van der Waals surface area contributed by atoms with Gasteiger partial charge in [0.25, 0.3) is 5.56 Å². The van der Waals surface area contributed by atoms with Gasteiger partial charge in [0, 0.05) is 18.4 Å². The number of nitrogens with one attached hydrogen (secondary N) is 1. The lowest BCUT2D eigenvalue weighted by Crippen LogP contribution is -2.22. The molecule has 0 fully saturated rings. The van der Waals surface area contributed by atoms with Gasteiger partial charge >= 0.3 is 12.1 Å². The van der Waals surface area contributed by atoms with Crippen molar-refractivity contribution in [3.05, 3.63) is 33.9 Å². The number of hydrogen-bond acceptors (Lipinski definition) is 9. The zero-order valence-electron chi connectivity index (χ0n) is 15.8. The van der Waals surface area contributed by atoms with Crippen LogP contribution in [0.25, 0.3) is 16.3 Å². The minimum Gasteiger partial charge on any atom is -0.497 e. The van der Waals surface area contributed by atoms with Crippen molar-refractivity contribution in [2.45, 2.75) is 6.92 Å². The van der Waals surface area contributed by atoms with Gasteiger partial charge in [0.1, 0.15) is 30.4 Å². The summed E-state index contributed by atoms with van der Waals surface area (Å²) in [6.07, 6.45) is -0.812. The molecular weight excluding hydrogens is 420 g/mol. The number of anilines is 1. The maximum atomic E-state index is 13.1. The van der Waals surface area contributed by atoms with Crippen LogP contribution < -0.4 is 20.3 Å². The van der Waals surface area contributed by atoms with Crippen LogP contribution in [0.2, 0.25) is 0 Å². The van der Waals surface area contributed by atoms with Crippen LogP contribution in [0.3, 0.4) is 0 Å². The van der Waals surface area contributed by atoms with Crippen LogP contribution in [-0.4, -0.2) is 44.1 Å². The van der Waals surface area contributed by atoms with Crippen LogP contribution >= 0.6 is 20.7 Å². The molecule has 154 valence electrons. The summed E-state index contributed by atoms with van der Waals surface area (Å²) in [5.74, 6) is 0.567. The largest absolute Gasteiger partial charge is 0.497 e. The molecule has 0 spiro atoms. The van der Waals surface area contributed by atoms with Crippen LogP contribution in [0, 0.1) is 0 Å². The fraction of sp³-hybridized carbons (Fsp3) is 0.278. The monoisotopic (exact) mass is 438 g/mol. The lowest BCUT2D eigenvalue weighted by atomic mass is 10.2. The topological polar surface area (TPSA) is 105 Å². The molecule has 29 heavy (non-hydrogen) atoms. The maximum Gasteiger partial charge on any atom is 0.411 e. The van der Waals surface area contributed by atoms with Crippen molar-refractivity contribution >= 4 is 38.4 Å². The zero-order chi connectivity index (χ0) is 21.0. The molecule has 9 nitrogen and oxygen atoms in total. The number of fused-ring (bicyclic) bond motifs is 1. The highest BCUT2D eigenvalue weighted by atomic mass is 32.9. The van der Waals surface area contributed by atoms with E-state index in [4.69, 9.17) is 18.9 Å². The Morgan fingerprint density at radius 3 is 2.59 bits per heavy atom. The molecule has 0 aliphatic carbocycles. The molecule has 2 heterocycles. The van der Waals surface area contributed by atoms with E-state index in [9.17, 15) is 14.4 Å². The zero-order valence-corrected chi connectivity index (χ0v) is 17.5. The number of carbonyl (C=O) groups excluding carboxylic acids is 2. The number of hydrogen-bond donors (Lipinski definition) is 1. The van der Waals surface area contributed by atoms with Gasteiger partial charge < -0.3 is 18.9 Å². The lowest BCUT2D eigenvalue weighted by Gasteiger charge is -2.11. The van der Waals surface area contributed by atoms with Crippen LogP contribution in [0.1, 0.15) is 6.92 Å². The van der Waals surface area contributed by atoms with Gasteiger partial charge in [-0.2, -0.15) is 0 Å². The average molecular weight is 438 g/mol. The molecule has 2 aliphatic rings. The molecule has 0 bridgehead atoms. The summed E-state index contributed by atoms with van der Waals surface area (Å²) in [5, 5.41) is 4.32. The number of esters is 1. The van der Waals surface area contributed by atoms with Gasteiger partial charge in [-0.25, -0.2) is 4.79 Å². The van der Waals surface area contributed by atoms with Crippen molar-refractivity contribution in [3.8, 4) is 27.8 Å². The number of ether oxygens (including phenoxy) is 4. The van der Waals surface area contributed by atoms with E-state index < -0.39 is 17.6 Å². The molecule has 1 aromatic carbocycles. The molecule has 0 radical (unpaired) electrons. The molecule has 0 unspecified atom stereocenters. The summed E-state index contributed by atoms with van der Waals surface area (Å²) in [4.78, 5) is 36.5. The van der Waals surface area contributed by atoms with E-state index in [1.54, 1.807) is 18.2 Å². The summed E-state index contributed by atoms with van der Waals surface area (Å²) in [5.41, 5.74) is 0.856. The molecule has 0 saturated carbocycles. The number of amides is 1. The minimum atomic E-state index is -0.812. The van der Waals surface area contributed by atoms with E-state index in [1.165, 1.54) is 46.4 Å². The summed E-state index contributed by atoms with van der Waals surface area (Å²) < 4.78 is 21.7. The van der Waals surface area contributed by atoms with Crippen molar-refractivity contribution < 1.29 is 28.5 Å². The number of rotatable bonds is 7. The van der Waals surface area contributed by atoms with Gasteiger partial charge in [0.05, 0.1) is 30.5 Å². The van der Waals surface area contributed by atoms with E-state index in [1.807, 2.05) is 5.38 Å². The molecular formula is C18H18N2O7S2. The Hall–Kier alpha value is -3.05. The van der Waals surface area contributed by atoms with Crippen molar-refractivity contribution in [2.24, 2.45) is 0 Å². The summed E-state index contributed by atoms with van der Waals surface area (Å²) in [7, 11) is 5.82. The van der Waals surface area contributed by atoms with Gasteiger partial charge in [-0.15, -0.1) is 0 Å². The second-order valence-corrected chi connectivity index (χ2v) is 7.75. The first-order valence-electron chi connectivity index (χ1n) is 8.38. The summed E-state index contributed by atoms with van der Waals surface area (Å²) in [6.45, 7) is 1.07. The average Bonchev–Trinajstić information content (AvgIpc) is 3.27. The van der Waals surface area contributed by atoms with E-state index in [0.29, 0.717) is 27.8 Å². The van der Waals surface area contributed by atoms with Gasteiger partial charge in [-0.1, -0.05) is 20.7 Å². The highest BCUT2D eigenvalue weighted by Crippen LogP contribution is 2.40. The molecule has 1 aromatic rings. The number of nitrogens with zero attached hydrogens (tertiary/aromatic N) is 1. The number of benzene rings is 1. The highest BCUT2D eigenvalue weighted by Gasteiger charge is 2.27. The van der Waals surface area contributed by atoms with Crippen molar-refractivity contribution in [1.29, 1.82) is 0 Å². The third-order valence-electron chi connectivity index (χ3n) is 3.89. The summed E-state index contributed by atoms with van der Waals surface area (Å²) >= 11 is 0. The molecule has 3 rings (SSSR count). The lowest BCUT2D eigenvalue weighted by molar-refractivity contribution is -0.141. The molecule has 2 aliphatic heterocycles. The number of methoxy groups -OCH3 is 2. The second-order valence-electron chi connectivity index (χ2n) is 5.67. The highest BCUT2D eigenvalue weighted by molar-refractivity contribution is 7.70. The molecule has 0 saturated heterocycles. The normalized spacial score (nSPS) is 10.6. The first-order chi connectivity index (χ1) is 14.0. The van der Waals surface area contributed by atoms with E-state index in [0.717, 1.165) is 0 Å². The van der Waals surface area contributed by atoms with Crippen molar-refractivity contribution in [1.82, 2.24) is 4.57 Å². The smallest absolute Gasteiger partial charge is 0.411 e. The number of aromatic nitrogens is 1. The van der Waals surface area contributed by atoms with Gasteiger partial charge in [0.2, 0.25) is 0 Å². The standard InChI is InChI=1S/C18H18N2O7S2/c1-10(21)26-6-7-27-18(23)19-15-16-13(9-28-29-16)20(17(15)22)12-5-4-11(24-2)8-14(12)25-3/h4-5,8-9H,6-7H2,1-3H3,(H,19,23). The number of carbonyl (C=O) groups is 2. The van der Waals surface area contributed by atoms with Crippen LogP contribution in [0.5, 0.6) is 11.5 Å². The fourth-order valence-corrected chi connectivity index (χ4v) is 4.84. The first kappa shape index (κ1) is 20.7. The third-order valence-corrected chi connectivity index (χ3v) is 5.96. The predicted molar refractivity (Wildman–Crippen MR) is 109 cm³/mol. The molecule has 0 atom stereocenters. The summed E-state index contributed by atoms with van der Waals surface area (Å²) in [6, 6.07) is 5.10. The molecule has 11 heteroatoms. The Kier molecular flexibility index (Phi) is 6.39. The Morgan fingerprint density at radius 1 is 1.14 bits per heavy atom. The predicted octanol–water partition coefficient (Wildman–Crippen LogP) is 3.19. The van der Waals surface area contributed by atoms with Gasteiger partial charge in [-0.05, 0) is 12.1 Å². The second kappa shape index (κ2) is 8.97. The third kappa shape index (κ3) is 4.35. The van der Waals surface area contributed by atoms with E-state index in [-0.39, 0.29) is 18.9 Å². The Morgan fingerprint density at radius 2 is 1.90 bits per heavy atom. The minimum absolute atomic E-state index is 0.0620. The Bertz CT molecular complexity index is 1050. The Balaban J connectivity index is 1.90. The molecule has 1 N–H and O–H groups in total. The van der Waals surface area contributed by atoms with E-state index in [2.05, 4.69) is 5.32 Å².